The van der Waals surface area contributed by atoms with Crippen molar-refractivity contribution in [3.8, 4) is 11.3 Å². The molecule has 176 valence electrons. The van der Waals surface area contributed by atoms with E-state index in [2.05, 4.69) is 39.4 Å². The van der Waals surface area contributed by atoms with Crippen molar-refractivity contribution in [3.05, 3.63) is 113 Å². The van der Waals surface area contributed by atoms with E-state index in [1.54, 1.807) is 30.3 Å². The number of hydroxylamine groups is 1. The van der Waals surface area contributed by atoms with Gasteiger partial charge >= 0.3 is 0 Å². The van der Waals surface area contributed by atoms with Crippen molar-refractivity contribution in [2.75, 3.05) is 18.2 Å². The lowest BCUT2D eigenvalue weighted by Gasteiger charge is -2.29. The highest BCUT2D eigenvalue weighted by Crippen LogP contribution is 2.24. The Morgan fingerprint density at radius 3 is 2.60 bits per heavy atom. The number of rotatable bonds is 7. The molecule has 0 unspecified atom stereocenters. The number of anilines is 1. The summed E-state index contributed by atoms with van der Waals surface area (Å²) in [7, 11) is 0. The summed E-state index contributed by atoms with van der Waals surface area (Å²) in [6, 6.07) is 25.4. The second-order valence-corrected chi connectivity index (χ2v) is 8.75. The summed E-state index contributed by atoms with van der Waals surface area (Å²) in [6.45, 7) is 2.88. The quantitative estimate of drug-likeness (QED) is 0.226. The van der Waals surface area contributed by atoms with Crippen LogP contribution in [0.3, 0.4) is 0 Å². The van der Waals surface area contributed by atoms with E-state index in [0.29, 0.717) is 10.8 Å². The summed E-state index contributed by atoms with van der Waals surface area (Å²) >= 11 is 0. The summed E-state index contributed by atoms with van der Waals surface area (Å²) in [4.78, 5) is 14.8. The number of aromatic amines is 1. The molecule has 2 N–H and O–H groups in total. The minimum atomic E-state index is -0.478. The van der Waals surface area contributed by atoms with Gasteiger partial charge in [-0.25, -0.2) is 0 Å². The van der Waals surface area contributed by atoms with Crippen LogP contribution in [0.2, 0.25) is 0 Å². The van der Waals surface area contributed by atoms with Crippen molar-refractivity contribution in [3.63, 3.8) is 0 Å². The summed E-state index contributed by atoms with van der Waals surface area (Å²) in [6.07, 6.45) is 7.08. The molecule has 0 aliphatic carbocycles. The van der Waals surface area contributed by atoms with Crippen molar-refractivity contribution >= 4 is 17.7 Å². The third-order valence-electron chi connectivity index (χ3n) is 6.41. The smallest absolute Gasteiger partial charge is 0.274 e. The average Bonchev–Trinajstić information content (AvgIpc) is 3.39. The lowest BCUT2D eigenvalue weighted by Crippen LogP contribution is -2.32. The van der Waals surface area contributed by atoms with Gasteiger partial charge in [0, 0.05) is 37.5 Å². The number of para-hydroxylation sites is 1. The first-order valence-electron chi connectivity index (χ1n) is 11.9. The van der Waals surface area contributed by atoms with Crippen LogP contribution in [-0.2, 0) is 24.2 Å². The Morgan fingerprint density at radius 2 is 1.80 bits per heavy atom. The van der Waals surface area contributed by atoms with Gasteiger partial charge in [0.15, 0.2) is 0 Å². The number of hydrogen-bond acceptors (Lipinski definition) is 4. The number of fused-ring (bicyclic) bond motifs is 1. The molecule has 1 aliphatic rings. The van der Waals surface area contributed by atoms with E-state index in [1.165, 1.54) is 22.8 Å². The molecule has 1 amide bonds. The van der Waals surface area contributed by atoms with Gasteiger partial charge in [0.1, 0.15) is 0 Å². The van der Waals surface area contributed by atoms with Crippen LogP contribution in [-0.4, -0.2) is 39.3 Å². The van der Waals surface area contributed by atoms with Gasteiger partial charge in [-0.2, -0.15) is 10.2 Å². The monoisotopic (exact) mass is 464 g/mol. The van der Waals surface area contributed by atoms with E-state index in [1.807, 2.05) is 36.5 Å². The van der Waals surface area contributed by atoms with Crippen LogP contribution in [0.4, 0.5) is 5.69 Å². The van der Waals surface area contributed by atoms with Crippen LogP contribution in [0, 0.1) is 0 Å². The van der Waals surface area contributed by atoms with Crippen molar-refractivity contribution < 1.29 is 10.0 Å². The van der Waals surface area contributed by atoms with Gasteiger partial charge in [0.2, 0.25) is 0 Å². The number of aromatic nitrogens is 2. The van der Waals surface area contributed by atoms with Gasteiger partial charge in [-0.1, -0.05) is 66.7 Å². The largest absolute Gasteiger partial charge is 0.298 e. The highest BCUT2D eigenvalue weighted by molar-refractivity contribution is 6.02. The van der Waals surface area contributed by atoms with Crippen LogP contribution in [0.1, 0.15) is 22.3 Å². The molecule has 1 aromatic heterocycles. The molecule has 3 aromatic carbocycles. The molecule has 6 nitrogen and oxygen atoms in total. The Balaban J connectivity index is 1.19. The lowest BCUT2D eigenvalue weighted by molar-refractivity contribution is -0.118. The topological polar surface area (TPSA) is 72.5 Å². The molecule has 0 saturated heterocycles. The fourth-order valence-corrected chi connectivity index (χ4v) is 4.49. The van der Waals surface area contributed by atoms with Gasteiger partial charge in [0.05, 0.1) is 11.4 Å². The van der Waals surface area contributed by atoms with E-state index >= 15 is 0 Å². The number of carbonyl (C=O) groups is 1. The van der Waals surface area contributed by atoms with Crippen molar-refractivity contribution in [2.24, 2.45) is 0 Å². The average molecular weight is 465 g/mol. The maximum Gasteiger partial charge on any atom is 0.274 e. The second-order valence-electron chi connectivity index (χ2n) is 8.75. The molecular formula is C29H28N4O2. The normalized spacial score (nSPS) is 13.6. The van der Waals surface area contributed by atoms with Crippen LogP contribution in [0.15, 0.2) is 91.1 Å². The fraction of sp³-hybridized carbons (Fsp3) is 0.172. The van der Waals surface area contributed by atoms with Gasteiger partial charge in [-0.05, 0) is 53.3 Å². The molecule has 1 aliphatic heterocycles. The maximum atomic E-state index is 12.3. The Morgan fingerprint density at radius 1 is 1.03 bits per heavy atom. The molecule has 0 bridgehead atoms. The number of benzene rings is 3. The van der Waals surface area contributed by atoms with Crippen LogP contribution in [0.25, 0.3) is 17.3 Å². The van der Waals surface area contributed by atoms with Gasteiger partial charge in [0.25, 0.3) is 5.91 Å². The molecule has 5 rings (SSSR count). The van der Waals surface area contributed by atoms with Crippen LogP contribution < -0.4 is 5.06 Å². The van der Waals surface area contributed by atoms with E-state index in [-0.39, 0.29) is 0 Å². The Labute approximate surface area is 205 Å². The molecule has 6 heteroatoms. The summed E-state index contributed by atoms with van der Waals surface area (Å²) in [5.74, 6) is -0.478. The van der Waals surface area contributed by atoms with Crippen LogP contribution >= 0.6 is 0 Å². The lowest BCUT2D eigenvalue weighted by atomic mass is 9.96. The van der Waals surface area contributed by atoms with Crippen molar-refractivity contribution in [1.82, 2.24) is 15.1 Å². The molecule has 35 heavy (non-hydrogen) atoms. The highest BCUT2D eigenvalue weighted by atomic mass is 16.5. The minimum Gasteiger partial charge on any atom is -0.298 e. The first-order chi connectivity index (χ1) is 17.2. The minimum absolute atomic E-state index is 0.444. The van der Waals surface area contributed by atoms with E-state index < -0.39 is 5.91 Å². The number of nitrogens with one attached hydrogen (secondary N) is 1. The zero-order chi connectivity index (χ0) is 24.0. The SMILES string of the molecule is O=C(C=Cc1ccc2c(c1)CCN(CCc1c[nH]nc1-c1ccccc1)C2)N(O)c1ccccc1. The Bertz CT molecular complexity index is 1320. The van der Waals surface area contributed by atoms with Gasteiger partial charge < -0.3 is 0 Å². The van der Waals surface area contributed by atoms with E-state index in [0.717, 1.165) is 49.3 Å². The third-order valence-corrected chi connectivity index (χ3v) is 6.41. The highest BCUT2D eigenvalue weighted by Gasteiger charge is 2.17. The number of H-pyrrole nitrogens is 1. The molecule has 0 atom stereocenters. The number of carbonyl (C=O) groups excluding carboxylic acids is 1. The maximum absolute atomic E-state index is 12.3. The van der Waals surface area contributed by atoms with Gasteiger partial charge in [-0.15, -0.1) is 0 Å². The summed E-state index contributed by atoms with van der Waals surface area (Å²) in [5.41, 5.74) is 7.44. The van der Waals surface area contributed by atoms with Crippen LogP contribution in [0.5, 0.6) is 0 Å². The number of nitrogens with zero attached hydrogens (tertiary/aromatic N) is 3. The van der Waals surface area contributed by atoms with E-state index in [9.17, 15) is 10.0 Å². The zero-order valence-corrected chi connectivity index (χ0v) is 19.5. The molecule has 0 fully saturated rings. The molecule has 0 saturated carbocycles. The summed E-state index contributed by atoms with van der Waals surface area (Å²) in [5, 5.41) is 18.3. The molecule has 0 spiro atoms. The van der Waals surface area contributed by atoms with Crippen molar-refractivity contribution in [2.45, 2.75) is 19.4 Å². The van der Waals surface area contributed by atoms with E-state index in [4.69, 9.17) is 0 Å². The first-order valence-corrected chi connectivity index (χ1v) is 11.9. The second kappa shape index (κ2) is 10.5. The first kappa shape index (κ1) is 22.8. The fourth-order valence-electron chi connectivity index (χ4n) is 4.49. The Kier molecular flexibility index (Phi) is 6.84. The predicted octanol–water partition coefficient (Wildman–Crippen LogP) is 5.11. The molecular weight excluding hydrogens is 436 g/mol. The number of hydrogen-bond donors (Lipinski definition) is 2. The zero-order valence-electron chi connectivity index (χ0n) is 19.5. The van der Waals surface area contributed by atoms with Crippen molar-refractivity contribution in [1.29, 1.82) is 0 Å². The number of amides is 1. The van der Waals surface area contributed by atoms with Gasteiger partial charge in [-0.3, -0.25) is 20.0 Å². The molecule has 0 radical (unpaired) electrons. The predicted molar refractivity (Wildman–Crippen MR) is 138 cm³/mol. The molecule has 2 heterocycles. The Hall–Kier alpha value is -4.00. The molecule has 4 aromatic rings. The third kappa shape index (κ3) is 5.40. The standard InChI is InChI=1S/C29H28N4O2/c34-28(33(35)27-9-5-2-6-10-27)14-12-22-11-13-26-21-32(17-15-24(26)19-22)18-16-25-20-30-31-29(25)23-7-3-1-4-8-23/h1-14,19-20,35H,15-18,21H2,(H,30,31). The summed E-state index contributed by atoms with van der Waals surface area (Å²) < 4.78 is 0.